The van der Waals surface area contributed by atoms with E-state index in [0.717, 1.165) is 16.8 Å². The van der Waals surface area contributed by atoms with Crippen molar-refractivity contribution in [1.29, 1.82) is 0 Å². The third-order valence-electron chi connectivity index (χ3n) is 3.31. The van der Waals surface area contributed by atoms with Crippen LogP contribution in [0.2, 0.25) is 0 Å². The van der Waals surface area contributed by atoms with Crippen molar-refractivity contribution in [2.24, 2.45) is 0 Å². The molecule has 1 aromatic heterocycles. The Bertz CT molecular complexity index is 754. The van der Waals surface area contributed by atoms with Gasteiger partial charge in [0.05, 0.1) is 12.8 Å². The van der Waals surface area contributed by atoms with Crippen molar-refractivity contribution in [2.45, 2.75) is 6.61 Å². The first kappa shape index (κ1) is 14.0. The molecular formula is C17H17N3O2. The second kappa shape index (κ2) is 6.22. The Kier molecular flexibility index (Phi) is 3.96. The molecular weight excluding hydrogens is 278 g/mol. The van der Waals surface area contributed by atoms with E-state index in [0.29, 0.717) is 23.9 Å². The summed E-state index contributed by atoms with van der Waals surface area (Å²) in [5.74, 6) is 1.77. The molecule has 0 radical (unpaired) electrons. The first-order valence-corrected chi connectivity index (χ1v) is 6.93. The molecule has 0 bridgehead atoms. The number of nitrogens with zero attached hydrogens (tertiary/aromatic N) is 1. The molecule has 0 aliphatic carbocycles. The highest BCUT2D eigenvalue weighted by molar-refractivity contribution is 5.72. The van der Waals surface area contributed by atoms with Crippen LogP contribution in [0, 0.1) is 0 Å². The first-order chi connectivity index (χ1) is 10.8. The Morgan fingerprint density at radius 1 is 1.09 bits per heavy atom. The number of nitrogens with two attached hydrogens (primary N) is 1. The summed E-state index contributed by atoms with van der Waals surface area (Å²) in [4.78, 5) is 0. The van der Waals surface area contributed by atoms with E-state index in [4.69, 9.17) is 15.2 Å². The smallest absolute Gasteiger partial charge is 0.170 e. The minimum atomic E-state index is 0.438. The number of hydrogen-bond donors (Lipinski definition) is 2. The van der Waals surface area contributed by atoms with Gasteiger partial charge in [-0.15, -0.1) is 0 Å². The van der Waals surface area contributed by atoms with E-state index in [1.165, 1.54) is 0 Å². The third kappa shape index (κ3) is 2.88. The van der Waals surface area contributed by atoms with Gasteiger partial charge in [-0.05, 0) is 17.7 Å². The fourth-order valence-corrected chi connectivity index (χ4v) is 2.26. The van der Waals surface area contributed by atoms with Crippen LogP contribution in [-0.4, -0.2) is 17.3 Å². The summed E-state index contributed by atoms with van der Waals surface area (Å²) in [5, 5.41) is 6.83. The van der Waals surface area contributed by atoms with E-state index in [2.05, 4.69) is 10.2 Å². The zero-order valence-electron chi connectivity index (χ0n) is 12.2. The van der Waals surface area contributed by atoms with E-state index >= 15 is 0 Å². The van der Waals surface area contributed by atoms with Gasteiger partial charge in [-0.1, -0.05) is 36.4 Å². The van der Waals surface area contributed by atoms with E-state index < -0.39 is 0 Å². The molecule has 3 rings (SSSR count). The summed E-state index contributed by atoms with van der Waals surface area (Å²) in [6.45, 7) is 0.478. The number of hydrogen-bond acceptors (Lipinski definition) is 4. The Balaban J connectivity index is 1.88. The number of para-hydroxylation sites is 1. The molecule has 0 spiro atoms. The normalized spacial score (nSPS) is 10.4. The summed E-state index contributed by atoms with van der Waals surface area (Å²) in [5.41, 5.74) is 8.41. The van der Waals surface area contributed by atoms with Crippen LogP contribution in [0.15, 0.2) is 54.6 Å². The van der Waals surface area contributed by atoms with E-state index in [1.807, 2.05) is 48.5 Å². The van der Waals surface area contributed by atoms with Gasteiger partial charge < -0.3 is 15.2 Å². The predicted octanol–water partition coefficient (Wildman–Crippen LogP) is 3.25. The molecule has 112 valence electrons. The molecule has 0 aliphatic rings. The molecule has 0 unspecified atom stereocenters. The molecule has 2 aromatic carbocycles. The maximum atomic E-state index is 5.89. The highest BCUT2D eigenvalue weighted by atomic mass is 16.5. The number of aromatic nitrogens is 2. The lowest BCUT2D eigenvalue weighted by Crippen LogP contribution is -1.98. The van der Waals surface area contributed by atoms with Gasteiger partial charge in [-0.3, -0.25) is 5.10 Å². The average molecular weight is 295 g/mol. The van der Waals surface area contributed by atoms with Gasteiger partial charge in [0.15, 0.2) is 11.5 Å². The molecule has 0 aliphatic heterocycles. The SMILES string of the molecule is COc1c(OCc2ccccc2)cccc1-c1cc(N)n[nH]1. The zero-order chi connectivity index (χ0) is 15.4. The van der Waals surface area contributed by atoms with Crippen LogP contribution in [0.1, 0.15) is 5.56 Å². The largest absolute Gasteiger partial charge is 0.492 e. The van der Waals surface area contributed by atoms with Crippen LogP contribution in [0.3, 0.4) is 0 Å². The molecule has 0 saturated carbocycles. The van der Waals surface area contributed by atoms with Crippen LogP contribution in [0.4, 0.5) is 5.82 Å². The zero-order valence-corrected chi connectivity index (χ0v) is 12.2. The van der Waals surface area contributed by atoms with Crippen LogP contribution in [0.25, 0.3) is 11.3 Å². The topological polar surface area (TPSA) is 73.2 Å². The van der Waals surface area contributed by atoms with Crippen LogP contribution in [-0.2, 0) is 6.61 Å². The van der Waals surface area contributed by atoms with Gasteiger partial charge in [0.25, 0.3) is 0 Å². The Morgan fingerprint density at radius 3 is 2.59 bits per heavy atom. The number of anilines is 1. The van der Waals surface area contributed by atoms with Crippen molar-refractivity contribution in [1.82, 2.24) is 10.2 Å². The van der Waals surface area contributed by atoms with Crippen molar-refractivity contribution >= 4 is 5.82 Å². The Morgan fingerprint density at radius 2 is 1.91 bits per heavy atom. The van der Waals surface area contributed by atoms with Gasteiger partial charge in [-0.2, -0.15) is 5.10 Å². The van der Waals surface area contributed by atoms with Crippen LogP contribution in [0.5, 0.6) is 11.5 Å². The Labute approximate surface area is 128 Å². The third-order valence-corrected chi connectivity index (χ3v) is 3.31. The summed E-state index contributed by atoms with van der Waals surface area (Å²) >= 11 is 0. The number of benzene rings is 2. The van der Waals surface area contributed by atoms with Gasteiger partial charge in [0.2, 0.25) is 0 Å². The highest BCUT2D eigenvalue weighted by Gasteiger charge is 2.13. The molecule has 0 saturated heterocycles. The molecule has 0 fully saturated rings. The highest BCUT2D eigenvalue weighted by Crippen LogP contribution is 2.37. The van der Waals surface area contributed by atoms with E-state index in [9.17, 15) is 0 Å². The quantitative estimate of drug-likeness (QED) is 0.758. The molecule has 5 heteroatoms. The van der Waals surface area contributed by atoms with Gasteiger partial charge in [0, 0.05) is 11.6 Å². The van der Waals surface area contributed by atoms with Gasteiger partial charge >= 0.3 is 0 Å². The maximum absolute atomic E-state index is 5.89. The van der Waals surface area contributed by atoms with Crippen molar-refractivity contribution in [3.8, 4) is 22.8 Å². The summed E-state index contributed by atoms with van der Waals surface area (Å²) in [6.07, 6.45) is 0. The van der Waals surface area contributed by atoms with E-state index in [1.54, 1.807) is 13.2 Å². The lowest BCUT2D eigenvalue weighted by molar-refractivity contribution is 0.285. The second-order valence-electron chi connectivity index (χ2n) is 4.82. The molecule has 3 aromatic rings. The standard InChI is InChI=1S/C17H17N3O2/c1-21-17-13(14-10-16(18)20-19-14)8-5-9-15(17)22-11-12-6-3-2-4-7-12/h2-10H,11H2,1H3,(H3,18,19,20). The minimum absolute atomic E-state index is 0.438. The number of rotatable bonds is 5. The summed E-state index contributed by atoms with van der Waals surface area (Å²) < 4.78 is 11.4. The lowest BCUT2D eigenvalue weighted by Gasteiger charge is -2.13. The number of aromatic amines is 1. The fraction of sp³-hybridized carbons (Fsp3) is 0.118. The fourth-order valence-electron chi connectivity index (χ4n) is 2.26. The molecule has 0 atom stereocenters. The lowest BCUT2D eigenvalue weighted by atomic mass is 10.1. The second-order valence-corrected chi connectivity index (χ2v) is 4.82. The van der Waals surface area contributed by atoms with Crippen molar-refractivity contribution in [3.63, 3.8) is 0 Å². The first-order valence-electron chi connectivity index (χ1n) is 6.93. The molecule has 22 heavy (non-hydrogen) atoms. The monoisotopic (exact) mass is 295 g/mol. The molecule has 0 amide bonds. The Hall–Kier alpha value is -2.95. The van der Waals surface area contributed by atoms with Crippen LogP contribution < -0.4 is 15.2 Å². The number of H-pyrrole nitrogens is 1. The number of methoxy groups -OCH3 is 1. The van der Waals surface area contributed by atoms with Crippen molar-refractivity contribution < 1.29 is 9.47 Å². The minimum Gasteiger partial charge on any atom is -0.492 e. The van der Waals surface area contributed by atoms with Crippen molar-refractivity contribution in [3.05, 3.63) is 60.2 Å². The number of nitrogens with one attached hydrogen (secondary N) is 1. The number of ether oxygens (including phenoxy) is 2. The van der Waals surface area contributed by atoms with Gasteiger partial charge in [0.1, 0.15) is 12.4 Å². The summed E-state index contributed by atoms with van der Waals surface area (Å²) in [7, 11) is 1.62. The van der Waals surface area contributed by atoms with E-state index in [-0.39, 0.29) is 0 Å². The average Bonchev–Trinajstić information content (AvgIpc) is 2.99. The maximum Gasteiger partial charge on any atom is 0.170 e. The molecule has 1 heterocycles. The van der Waals surface area contributed by atoms with Gasteiger partial charge in [-0.25, -0.2) is 0 Å². The number of nitrogen functional groups attached to an aromatic ring is 1. The van der Waals surface area contributed by atoms with Crippen LogP contribution >= 0.6 is 0 Å². The predicted molar refractivity (Wildman–Crippen MR) is 85.8 cm³/mol. The summed E-state index contributed by atoms with van der Waals surface area (Å²) in [6, 6.07) is 17.5. The molecule has 5 nitrogen and oxygen atoms in total. The van der Waals surface area contributed by atoms with Crippen molar-refractivity contribution in [2.75, 3.05) is 12.8 Å². The molecule has 3 N–H and O–H groups in total.